The predicted octanol–water partition coefficient (Wildman–Crippen LogP) is 4.96. The molecule has 26 heavy (non-hydrogen) atoms. The van der Waals surface area contributed by atoms with Gasteiger partial charge >= 0.3 is 0 Å². The van der Waals surface area contributed by atoms with Crippen LogP contribution in [0.25, 0.3) is 0 Å². The molecule has 0 radical (unpaired) electrons. The zero-order valence-electron chi connectivity index (χ0n) is 14.3. The highest BCUT2D eigenvalue weighted by molar-refractivity contribution is 6.33. The molecule has 0 spiro atoms. The van der Waals surface area contributed by atoms with Crippen LogP contribution < -0.4 is 20.1 Å². The molecule has 1 aliphatic heterocycles. The van der Waals surface area contributed by atoms with Gasteiger partial charge in [0.25, 0.3) is 0 Å². The molecular formula is C19H17ClN4O2. The lowest BCUT2D eigenvalue weighted by Gasteiger charge is -2.12. The number of aromatic nitrogens is 2. The number of hydrogen-bond acceptors (Lipinski definition) is 6. The number of benzene rings is 2. The van der Waals surface area contributed by atoms with Crippen molar-refractivity contribution in [2.24, 2.45) is 0 Å². The number of anilines is 4. The summed E-state index contributed by atoms with van der Waals surface area (Å²) in [7, 11) is 0. The number of aryl methyl sites for hydroxylation is 2. The Balaban J connectivity index is 1.56. The highest BCUT2D eigenvalue weighted by Crippen LogP contribution is 2.35. The third-order valence-electron chi connectivity index (χ3n) is 3.97. The average molecular weight is 369 g/mol. The summed E-state index contributed by atoms with van der Waals surface area (Å²) in [6.07, 6.45) is 1.68. The summed E-state index contributed by atoms with van der Waals surface area (Å²) in [6, 6.07) is 11.4. The molecule has 1 aliphatic rings. The zero-order chi connectivity index (χ0) is 18.1. The Kier molecular flexibility index (Phi) is 4.26. The van der Waals surface area contributed by atoms with E-state index in [1.54, 1.807) is 12.3 Å². The van der Waals surface area contributed by atoms with Crippen LogP contribution in [0.5, 0.6) is 11.5 Å². The zero-order valence-corrected chi connectivity index (χ0v) is 15.1. The third kappa shape index (κ3) is 3.36. The van der Waals surface area contributed by atoms with Gasteiger partial charge in [0.1, 0.15) is 5.82 Å². The number of fused-ring (bicyclic) bond motifs is 1. The maximum absolute atomic E-state index is 6.35. The minimum atomic E-state index is 0.247. The average Bonchev–Trinajstić information content (AvgIpc) is 3.06. The van der Waals surface area contributed by atoms with Gasteiger partial charge < -0.3 is 20.1 Å². The van der Waals surface area contributed by atoms with Gasteiger partial charge in [0.15, 0.2) is 11.5 Å². The molecule has 132 valence electrons. The highest BCUT2D eigenvalue weighted by Gasteiger charge is 2.13. The maximum Gasteiger partial charge on any atom is 0.231 e. The third-order valence-corrected chi connectivity index (χ3v) is 4.27. The van der Waals surface area contributed by atoms with Gasteiger partial charge in [0.2, 0.25) is 12.7 Å². The van der Waals surface area contributed by atoms with Crippen molar-refractivity contribution in [1.82, 2.24) is 9.97 Å². The van der Waals surface area contributed by atoms with Crippen LogP contribution in [0.3, 0.4) is 0 Å². The lowest BCUT2D eigenvalue weighted by molar-refractivity contribution is 0.174. The van der Waals surface area contributed by atoms with Crippen LogP contribution >= 0.6 is 11.6 Å². The fourth-order valence-corrected chi connectivity index (χ4v) is 3.16. The van der Waals surface area contributed by atoms with Crippen molar-refractivity contribution in [3.05, 3.63) is 58.7 Å². The number of nitrogens with one attached hydrogen (secondary N) is 2. The van der Waals surface area contributed by atoms with Crippen LogP contribution in [-0.4, -0.2) is 16.8 Å². The molecule has 0 saturated carbocycles. The quantitative estimate of drug-likeness (QED) is 0.678. The summed E-state index contributed by atoms with van der Waals surface area (Å²) in [5, 5.41) is 7.07. The van der Waals surface area contributed by atoms with Crippen molar-refractivity contribution in [2.75, 3.05) is 17.4 Å². The first-order valence-electron chi connectivity index (χ1n) is 8.12. The van der Waals surface area contributed by atoms with E-state index in [-0.39, 0.29) is 6.79 Å². The Morgan fingerprint density at radius 1 is 1.00 bits per heavy atom. The summed E-state index contributed by atoms with van der Waals surface area (Å²) in [5.74, 6) is 2.57. The van der Waals surface area contributed by atoms with Gasteiger partial charge in [-0.05, 0) is 49.2 Å². The van der Waals surface area contributed by atoms with Gasteiger partial charge in [-0.15, -0.1) is 0 Å². The Morgan fingerprint density at radius 2 is 1.85 bits per heavy atom. The first-order chi connectivity index (χ1) is 12.6. The Morgan fingerprint density at radius 3 is 2.69 bits per heavy atom. The van der Waals surface area contributed by atoms with E-state index in [2.05, 4.69) is 26.7 Å². The van der Waals surface area contributed by atoms with Crippen LogP contribution in [0.4, 0.5) is 23.1 Å². The minimum Gasteiger partial charge on any atom is -0.454 e. The highest BCUT2D eigenvalue weighted by atomic mass is 35.5. The van der Waals surface area contributed by atoms with Crippen molar-refractivity contribution >= 4 is 34.7 Å². The van der Waals surface area contributed by atoms with E-state index in [0.29, 0.717) is 22.5 Å². The molecule has 0 fully saturated rings. The van der Waals surface area contributed by atoms with E-state index in [1.807, 2.05) is 38.1 Å². The van der Waals surface area contributed by atoms with Crippen LogP contribution in [0.2, 0.25) is 5.02 Å². The van der Waals surface area contributed by atoms with Gasteiger partial charge in [-0.1, -0.05) is 17.7 Å². The SMILES string of the molecule is Cc1cc(C)c(Nc2nccc(Nc3ccc4c(c3)OCO4)n2)c(Cl)c1. The molecule has 0 amide bonds. The van der Waals surface area contributed by atoms with Crippen LogP contribution in [0, 0.1) is 13.8 Å². The largest absolute Gasteiger partial charge is 0.454 e. The molecule has 2 aromatic carbocycles. The number of rotatable bonds is 4. The van der Waals surface area contributed by atoms with Gasteiger partial charge in [0, 0.05) is 18.0 Å². The van der Waals surface area contributed by atoms with Crippen LogP contribution in [0.15, 0.2) is 42.6 Å². The number of halogens is 1. The molecule has 4 rings (SSSR count). The molecule has 6 nitrogen and oxygen atoms in total. The molecule has 3 aromatic rings. The molecule has 0 bridgehead atoms. The van der Waals surface area contributed by atoms with Gasteiger partial charge in [0.05, 0.1) is 10.7 Å². The second-order valence-corrected chi connectivity index (χ2v) is 6.43. The molecule has 0 aliphatic carbocycles. The standard InChI is InChI=1S/C19H17ClN4O2/c1-11-7-12(2)18(14(20)8-11)24-19-21-6-5-17(23-19)22-13-3-4-15-16(9-13)26-10-25-15/h3-9H,10H2,1-2H3,(H2,21,22,23,24). The molecule has 0 saturated heterocycles. The van der Waals surface area contributed by atoms with Crippen LogP contribution in [-0.2, 0) is 0 Å². The fourth-order valence-electron chi connectivity index (χ4n) is 2.80. The second-order valence-electron chi connectivity index (χ2n) is 6.02. The fraction of sp³-hybridized carbons (Fsp3) is 0.158. The van der Waals surface area contributed by atoms with E-state index >= 15 is 0 Å². The summed E-state index contributed by atoms with van der Waals surface area (Å²) in [6.45, 7) is 4.25. The number of hydrogen-bond donors (Lipinski definition) is 2. The maximum atomic E-state index is 6.35. The van der Waals surface area contributed by atoms with E-state index in [4.69, 9.17) is 21.1 Å². The lowest BCUT2D eigenvalue weighted by atomic mass is 10.1. The Hall–Kier alpha value is -2.99. The van der Waals surface area contributed by atoms with Gasteiger partial charge in [-0.2, -0.15) is 4.98 Å². The second kappa shape index (κ2) is 6.72. The molecule has 0 unspecified atom stereocenters. The van der Waals surface area contributed by atoms with E-state index in [9.17, 15) is 0 Å². The predicted molar refractivity (Wildman–Crippen MR) is 102 cm³/mol. The van der Waals surface area contributed by atoms with E-state index in [0.717, 1.165) is 28.3 Å². The van der Waals surface area contributed by atoms with Crippen molar-refractivity contribution in [3.63, 3.8) is 0 Å². The molecule has 1 aromatic heterocycles. The van der Waals surface area contributed by atoms with Crippen molar-refractivity contribution in [2.45, 2.75) is 13.8 Å². The summed E-state index contributed by atoms with van der Waals surface area (Å²) < 4.78 is 10.7. The summed E-state index contributed by atoms with van der Waals surface area (Å²) in [4.78, 5) is 8.77. The molecular weight excluding hydrogens is 352 g/mol. The summed E-state index contributed by atoms with van der Waals surface area (Å²) in [5.41, 5.74) is 3.80. The molecule has 7 heteroatoms. The minimum absolute atomic E-state index is 0.247. The molecule has 2 N–H and O–H groups in total. The van der Waals surface area contributed by atoms with Crippen molar-refractivity contribution in [1.29, 1.82) is 0 Å². The Bertz CT molecular complexity index is 954. The van der Waals surface area contributed by atoms with Gasteiger partial charge in [-0.25, -0.2) is 4.98 Å². The molecule has 0 atom stereocenters. The smallest absolute Gasteiger partial charge is 0.231 e. The van der Waals surface area contributed by atoms with Crippen molar-refractivity contribution < 1.29 is 9.47 Å². The van der Waals surface area contributed by atoms with E-state index < -0.39 is 0 Å². The monoisotopic (exact) mass is 368 g/mol. The van der Waals surface area contributed by atoms with Crippen LogP contribution in [0.1, 0.15) is 11.1 Å². The topological polar surface area (TPSA) is 68.3 Å². The normalized spacial score (nSPS) is 12.1. The van der Waals surface area contributed by atoms with Gasteiger partial charge in [-0.3, -0.25) is 0 Å². The number of nitrogens with zero attached hydrogens (tertiary/aromatic N) is 2. The first-order valence-corrected chi connectivity index (χ1v) is 8.50. The summed E-state index contributed by atoms with van der Waals surface area (Å²) >= 11 is 6.35. The Labute approximate surface area is 156 Å². The molecule has 2 heterocycles. The van der Waals surface area contributed by atoms with Crippen molar-refractivity contribution in [3.8, 4) is 11.5 Å². The number of ether oxygens (including phenoxy) is 2. The lowest BCUT2D eigenvalue weighted by Crippen LogP contribution is -2.02. The first kappa shape index (κ1) is 16.5. The van der Waals surface area contributed by atoms with E-state index in [1.165, 1.54) is 0 Å².